The van der Waals surface area contributed by atoms with Gasteiger partial charge in [0.25, 0.3) is 6.43 Å². The van der Waals surface area contributed by atoms with E-state index in [4.69, 9.17) is 9.88 Å². The molecule has 16 heavy (non-hydrogen) atoms. The van der Waals surface area contributed by atoms with E-state index < -0.39 is 26.9 Å². The second-order valence-electron chi connectivity index (χ2n) is 3.02. The molecule has 1 rings (SSSR count). The Hall–Kier alpha value is -1.28. The molecule has 1 heterocycles. The fraction of sp³-hybridized carbons (Fsp3) is 0.375. The maximum absolute atomic E-state index is 12.7. The van der Waals surface area contributed by atoms with Crippen molar-refractivity contribution in [3.05, 3.63) is 17.3 Å². The molecule has 0 atom stereocenters. The number of aromatic nitrogens is 1. The number of hydrogen-bond acceptors (Lipinski definition) is 4. The van der Waals surface area contributed by atoms with Gasteiger partial charge in [0.05, 0.1) is 13.3 Å². The normalized spacial score (nSPS) is 11.9. The van der Waals surface area contributed by atoms with Gasteiger partial charge in [-0.15, -0.1) is 0 Å². The van der Waals surface area contributed by atoms with Gasteiger partial charge in [-0.2, -0.15) is 0 Å². The molecule has 0 radical (unpaired) electrons. The summed E-state index contributed by atoms with van der Waals surface area (Å²) in [5.74, 6) is -0.0531. The summed E-state index contributed by atoms with van der Waals surface area (Å²) >= 11 is 0. The molecule has 8 heteroatoms. The number of alkyl halides is 2. The molecule has 1 aromatic rings. The number of methoxy groups -OCH3 is 1. The van der Waals surface area contributed by atoms with Crippen molar-refractivity contribution in [1.29, 1.82) is 0 Å². The first-order valence-corrected chi connectivity index (χ1v) is 5.68. The van der Waals surface area contributed by atoms with Gasteiger partial charge in [0.15, 0.2) is 0 Å². The molecule has 5 nitrogen and oxygen atoms in total. The molecule has 0 saturated heterocycles. The Bertz CT molecular complexity index is 502. The monoisotopic (exact) mass is 252 g/mol. The van der Waals surface area contributed by atoms with Gasteiger partial charge < -0.3 is 4.74 Å². The lowest BCUT2D eigenvalue weighted by Gasteiger charge is -2.12. The molecule has 0 fully saturated rings. The van der Waals surface area contributed by atoms with E-state index in [2.05, 4.69) is 4.98 Å². The number of pyridine rings is 1. The summed E-state index contributed by atoms with van der Waals surface area (Å²) in [6, 6.07) is 0. The van der Waals surface area contributed by atoms with Crippen molar-refractivity contribution >= 4 is 10.0 Å². The average molecular weight is 252 g/mol. The van der Waals surface area contributed by atoms with Crippen LogP contribution >= 0.6 is 0 Å². The van der Waals surface area contributed by atoms with E-state index in [0.717, 1.165) is 6.20 Å². The van der Waals surface area contributed by atoms with Gasteiger partial charge in [0.2, 0.25) is 15.9 Å². The van der Waals surface area contributed by atoms with Crippen LogP contribution in [0.5, 0.6) is 5.88 Å². The van der Waals surface area contributed by atoms with E-state index in [1.54, 1.807) is 0 Å². The predicted octanol–water partition coefficient (Wildman–Crippen LogP) is 0.984. The summed E-state index contributed by atoms with van der Waals surface area (Å²) in [6.45, 7) is 1.29. The van der Waals surface area contributed by atoms with Crippen LogP contribution in [-0.2, 0) is 10.0 Å². The van der Waals surface area contributed by atoms with E-state index >= 15 is 0 Å². The van der Waals surface area contributed by atoms with Gasteiger partial charge in [0.1, 0.15) is 4.90 Å². The second-order valence-corrected chi connectivity index (χ2v) is 4.55. The number of rotatable bonds is 3. The molecule has 0 amide bonds. The highest BCUT2D eigenvalue weighted by Crippen LogP contribution is 2.32. The van der Waals surface area contributed by atoms with Crippen molar-refractivity contribution in [2.24, 2.45) is 5.14 Å². The zero-order chi connectivity index (χ0) is 12.5. The quantitative estimate of drug-likeness (QED) is 0.869. The summed E-state index contributed by atoms with van der Waals surface area (Å²) < 4.78 is 52.3. The lowest BCUT2D eigenvalue weighted by molar-refractivity contribution is 0.146. The van der Waals surface area contributed by atoms with Crippen LogP contribution < -0.4 is 9.88 Å². The molecular formula is C8H10F2N2O3S. The summed E-state index contributed by atoms with van der Waals surface area (Å²) in [7, 11) is -2.97. The minimum absolute atomic E-state index is 0.0379. The third kappa shape index (κ3) is 2.27. The Morgan fingerprint density at radius 3 is 2.44 bits per heavy atom. The van der Waals surface area contributed by atoms with Crippen LogP contribution in [0.15, 0.2) is 11.1 Å². The highest BCUT2D eigenvalue weighted by atomic mass is 32.2. The number of ether oxygens (including phenoxy) is 1. The SMILES string of the molecule is COc1ncc(S(N)(=O)=O)c(C(F)F)c1C. The molecule has 0 aliphatic heterocycles. The summed E-state index contributed by atoms with van der Waals surface area (Å²) in [4.78, 5) is 2.91. The Morgan fingerprint density at radius 2 is 2.06 bits per heavy atom. The molecule has 0 unspecified atom stereocenters. The Kier molecular flexibility index (Phi) is 3.44. The predicted molar refractivity (Wildman–Crippen MR) is 51.9 cm³/mol. The van der Waals surface area contributed by atoms with Crippen LogP contribution in [0.4, 0.5) is 8.78 Å². The topological polar surface area (TPSA) is 82.3 Å². The molecule has 0 aliphatic carbocycles. The molecule has 2 N–H and O–H groups in total. The molecular weight excluding hydrogens is 242 g/mol. The van der Waals surface area contributed by atoms with Gasteiger partial charge in [-0.1, -0.05) is 0 Å². The first kappa shape index (κ1) is 12.8. The van der Waals surface area contributed by atoms with Crippen molar-refractivity contribution in [3.63, 3.8) is 0 Å². The minimum Gasteiger partial charge on any atom is -0.481 e. The van der Waals surface area contributed by atoms with E-state index in [-0.39, 0.29) is 11.4 Å². The first-order chi connectivity index (χ1) is 7.29. The van der Waals surface area contributed by atoms with E-state index in [1.165, 1.54) is 14.0 Å². The van der Waals surface area contributed by atoms with E-state index in [0.29, 0.717) is 0 Å². The molecule has 0 aromatic carbocycles. The number of sulfonamides is 1. The Balaban J connectivity index is 3.60. The number of primary sulfonamides is 1. The number of hydrogen-bond donors (Lipinski definition) is 1. The van der Waals surface area contributed by atoms with Crippen molar-refractivity contribution in [2.45, 2.75) is 18.2 Å². The van der Waals surface area contributed by atoms with Crippen molar-refractivity contribution in [1.82, 2.24) is 4.98 Å². The van der Waals surface area contributed by atoms with Crippen LogP contribution in [0.25, 0.3) is 0 Å². The lowest BCUT2D eigenvalue weighted by Crippen LogP contribution is -2.16. The van der Waals surface area contributed by atoms with Gasteiger partial charge >= 0.3 is 0 Å². The Labute approximate surface area is 91.3 Å². The molecule has 0 bridgehead atoms. The second kappa shape index (κ2) is 4.30. The lowest BCUT2D eigenvalue weighted by atomic mass is 10.1. The number of nitrogens with two attached hydrogens (primary N) is 1. The molecule has 1 aromatic heterocycles. The zero-order valence-corrected chi connectivity index (χ0v) is 9.38. The highest BCUT2D eigenvalue weighted by molar-refractivity contribution is 7.89. The van der Waals surface area contributed by atoms with Gasteiger partial charge in [-0.05, 0) is 6.92 Å². The Morgan fingerprint density at radius 1 is 1.50 bits per heavy atom. The minimum atomic E-state index is -4.22. The highest BCUT2D eigenvalue weighted by Gasteiger charge is 2.25. The van der Waals surface area contributed by atoms with Crippen molar-refractivity contribution in [2.75, 3.05) is 7.11 Å². The van der Waals surface area contributed by atoms with Gasteiger partial charge in [-0.25, -0.2) is 27.3 Å². The van der Waals surface area contributed by atoms with Crippen LogP contribution in [0, 0.1) is 6.92 Å². The zero-order valence-electron chi connectivity index (χ0n) is 8.57. The van der Waals surface area contributed by atoms with Crippen LogP contribution in [-0.4, -0.2) is 20.5 Å². The number of nitrogens with zero attached hydrogens (tertiary/aromatic N) is 1. The molecule has 0 spiro atoms. The van der Waals surface area contributed by atoms with Crippen molar-refractivity contribution in [3.8, 4) is 5.88 Å². The maximum atomic E-state index is 12.7. The first-order valence-electron chi connectivity index (χ1n) is 4.13. The van der Waals surface area contributed by atoms with Crippen LogP contribution in [0.3, 0.4) is 0 Å². The third-order valence-electron chi connectivity index (χ3n) is 2.01. The summed E-state index contributed by atoms with van der Waals surface area (Å²) in [5.41, 5.74) is -0.710. The van der Waals surface area contributed by atoms with Gasteiger partial charge in [-0.3, -0.25) is 0 Å². The summed E-state index contributed by atoms with van der Waals surface area (Å²) in [5, 5.41) is 4.81. The molecule has 0 saturated carbocycles. The standard InChI is InChI=1S/C8H10F2N2O3S/c1-4-6(7(9)10)5(16(11,13)14)3-12-8(4)15-2/h3,7H,1-2H3,(H2,11,13,14). The van der Waals surface area contributed by atoms with Crippen LogP contribution in [0.1, 0.15) is 17.6 Å². The van der Waals surface area contributed by atoms with Crippen LogP contribution in [0.2, 0.25) is 0 Å². The smallest absolute Gasteiger partial charge is 0.265 e. The van der Waals surface area contributed by atoms with Gasteiger partial charge in [0, 0.05) is 11.1 Å². The average Bonchev–Trinajstić information content (AvgIpc) is 2.15. The fourth-order valence-electron chi connectivity index (χ4n) is 1.29. The number of halogens is 2. The molecule has 90 valence electrons. The third-order valence-corrected chi connectivity index (χ3v) is 2.95. The van der Waals surface area contributed by atoms with E-state index in [1.807, 2.05) is 0 Å². The largest absolute Gasteiger partial charge is 0.481 e. The van der Waals surface area contributed by atoms with Crippen molar-refractivity contribution < 1.29 is 21.9 Å². The molecule has 0 aliphatic rings. The summed E-state index contributed by atoms with van der Waals surface area (Å²) in [6.07, 6.45) is -2.20. The van der Waals surface area contributed by atoms with E-state index in [9.17, 15) is 17.2 Å². The fourth-order valence-corrected chi connectivity index (χ4v) is 2.04. The maximum Gasteiger partial charge on any atom is 0.265 e.